The molecule has 0 saturated carbocycles. The summed E-state index contributed by atoms with van der Waals surface area (Å²) in [6, 6.07) is 12.0. The van der Waals surface area contributed by atoms with Gasteiger partial charge in [-0.1, -0.05) is 11.6 Å². The van der Waals surface area contributed by atoms with Crippen molar-refractivity contribution in [3.05, 3.63) is 65.0 Å². The number of nitrogens with zero attached hydrogens (tertiary/aromatic N) is 2. The number of halogens is 1. The van der Waals surface area contributed by atoms with E-state index in [-0.39, 0.29) is 12.4 Å². The molecule has 3 rings (SSSR count). The molecule has 0 aliphatic rings. The molecule has 0 unspecified atom stereocenters. The fraction of sp³-hybridized carbons (Fsp3) is 0.150. The Kier molecular flexibility index (Phi) is 5.57. The molecule has 1 heterocycles. The minimum atomic E-state index is -0.471. The van der Waals surface area contributed by atoms with E-state index in [4.69, 9.17) is 16.3 Å². The first-order valence-electron chi connectivity index (χ1n) is 8.12. The largest absolute Gasteiger partial charge is 0.482 e. The van der Waals surface area contributed by atoms with Crippen LogP contribution in [0.2, 0.25) is 5.02 Å². The number of rotatable bonds is 6. The Bertz CT molecular complexity index is 1020. The molecule has 0 radical (unpaired) electrons. The van der Waals surface area contributed by atoms with Gasteiger partial charge in [-0.2, -0.15) is 0 Å². The second-order valence-corrected chi connectivity index (χ2v) is 6.19. The van der Waals surface area contributed by atoms with Crippen molar-refractivity contribution < 1.29 is 19.1 Å². The van der Waals surface area contributed by atoms with Gasteiger partial charge in [-0.05, 0) is 54.6 Å². The lowest BCUT2D eigenvalue weighted by atomic mass is 10.1. The topological polar surface area (TPSA) is 70.4 Å². The molecule has 0 bridgehead atoms. The Balaban J connectivity index is 1.71. The second kappa shape index (κ2) is 8.05. The van der Waals surface area contributed by atoms with Crippen molar-refractivity contribution in [2.24, 2.45) is 7.05 Å². The number of aryl methyl sites for hydroxylation is 1. The number of carbonyl (C=O) groups excluding carboxylic acids is 2. The van der Waals surface area contributed by atoms with E-state index in [0.29, 0.717) is 22.2 Å². The summed E-state index contributed by atoms with van der Waals surface area (Å²) in [5.41, 5.74) is 2.20. The van der Waals surface area contributed by atoms with Crippen LogP contribution >= 0.6 is 11.6 Å². The summed E-state index contributed by atoms with van der Waals surface area (Å²) in [7, 11) is 3.17. The number of esters is 1. The molecular weight excluding hydrogens is 368 g/mol. The number of methoxy groups -OCH3 is 1. The van der Waals surface area contributed by atoms with Crippen LogP contribution in [-0.4, -0.2) is 35.0 Å². The Hall–Kier alpha value is -3.12. The molecule has 2 aromatic carbocycles. The third kappa shape index (κ3) is 4.35. The van der Waals surface area contributed by atoms with Gasteiger partial charge < -0.3 is 14.0 Å². The van der Waals surface area contributed by atoms with Crippen molar-refractivity contribution in [1.29, 1.82) is 0 Å². The van der Waals surface area contributed by atoms with Crippen molar-refractivity contribution in [3.63, 3.8) is 0 Å². The maximum absolute atomic E-state index is 12.4. The van der Waals surface area contributed by atoms with Gasteiger partial charge in [-0.25, -0.2) is 9.78 Å². The third-order valence-corrected chi connectivity index (χ3v) is 4.22. The van der Waals surface area contributed by atoms with E-state index in [1.54, 1.807) is 42.5 Å². The Morgan fingerprint density at radius 1 is 1.19 bits per heavy atom. The van der Waals surface area contributed by atoms with Crippen molar-refractivity contribution in [1.82, 2.24) is 9.55 Å². The van der Waals surface area contributed by atoms with Gasteiger partial charge in [0.1, 0.15) is 11.6 Å². The van der Waals surface area contributed by atoms with E-state index in [9.17, 15) is 9.59 Å². The van der Waals surface area contributed by atoms with Crippen LogP contribution in [-0.2, 0) is 16.6 Å². The van der Waals surface area contributed by atoms with Gasteiger partial charge in [-0.3, -0.25) is 4.79 Å². The van der Waals surface area contributed by atoms with E-state index >= 15 is 0 Å². The standard InChI is InChI=1S/C20H17ClN2O4/c1-23-17-8-5-14(21)11-16(17)22-19(23)10-9-18(24)13-3-6-15(7-4-13)27-12-20(25)26-2/h3-11H,12H2,1-2H3. The highest BCUT2D eigenvalue weighted by Crippen LogP contribution is 2.20. The zero-order chi connectivity index (χ0) is 19.4. The number of carbonyl (C=O) groups is 2. The average molecular weight is 385 g/mol. The lowest BCUT2D eigenvalue weighted by Gasteiger charge is -2.04. The average Bonchev–Trinajstić information content (AvgIpc) is 2.99. The molecule has 0 amide bonds. The number of fused-ring (bicyclic) bond motifs is 1. The molecule has 0 aliphatic carbocycles. The first-order valence-corrected chi connectivity index (χ1v) is 8.50. The van der Waals surface area contributed by atoms with Gasteiger partial charge in [0.05, 0.1) is 18.1 Å². The second-order valence-electron chi connectivity index (χ2n) is 5.75. The fourth-order valence-corrected chi connectivity index (χ4v) is 2.67. The quantitative estimate of drug-likeness (QED) is 0.368. The summed E-state index contributed by atoms with van der Waals surface area (Å²) in [5.74, 6) is 0.494. The zero-order valence-electron chi connectivity index (χ0n) is 14.8. The highest BCUT2D eigenvalue weighted by atomic mass is 35.5. The van der Waals surface area contributed by atoms with E-state index in [0.717, 1.165) is 11.0 Å². The summed E-state index contributed by atoms with van der Waals surface area (Å²) in [4.78, 5) is 27.9. The van der Waals surface area contributed by atoms with Crippen molar-refractivity contribution >= 4 is 40.5 Å². The van der Waals surface area contributed by atoms with E-state index < -0.39 is 5.97 Å². The lowest BCUT2D eigenvalue weighted by Crippen LogP contribution is -2.12. The van der Waals surface area contributed by atoms with Gasteiger partial charge in [0.2, 0.25) is 0 Å². The predicted molar refractivity (Wildman–Crippen MR) is 103 cm³/mol. The van der Waals surface area contributed by atoms with Crippen LogP contribution in [0.25, 0.3) is 17.1 Å². The van der Waals surface area contributed by atoms with Crippen LogP contribution in [0, 0.1) is 0 Å². The summed E-state index contributed by atoms with van der Waals surface area (Å²) in [6.07, 6.45) is 3.13. The summed E-state index contributed by atoms with van der Waals surface area (Å²) in [5, 5.41) is 0.613. The maximum atomic E-state index is 12.4. The number of allylic oxidation sites excluding steroid dienone is 1. The number of hydrogen-bond donors (Lipinski definition) is 0. The molecule has 27 heavy (non-hydrogen) atoms. The summed E-state index contributed by atoms with van der Waals surface area (Å²) < 4.78 is 11.6. The van der Waals surface area contributed by atoms with Gasteiger partial charge >= 0.3 is 5.97 Å². The molecule has 138 valence electrons. The number of benzene rings is 2. The predicted octanol–water partition coefficient (Wildman–Crippen LogP) is 3.67. The lowest BCUT2D eigenvalue weighted by molar-refractivity contribution is -0.142. The monoisotopic (exact) mass is 384 g/mol. The number of hydrogen-bond acceptors (Lipinski definition) is 5. The molecule has 0 aliphatic heterocycles. The van der Waals surface area contributed by atoms with Crippen LogP contribution in [0.3, 0.4) is 0 Å². The number of aromatic nitrogens is 2. The molecule has 3 aromatic rings. The van der Waals surface area contributed by atoms with E-state index in [2.05, 4.69) is 9.72 Å². The third-order valence-electron chi connectivity index (χ3n) is 3.98. The molecule has 0 spiro atoms. The molecule has 0 saturated heterocycles. The van der Waals surface area contributed by atoms with Crippen LogP contribution in [0.15, 0.2) is 48.5 Å². The Morgan fingerprint density at radius 3 is 2.63 bits per heavy atom. The van der Waals surface area contributed by atoms with E-state index in [1.165, 1.54) is 13.2 Å². The number of ether oxygens (including phenoxy) is 2. The molecule has 1 aromatic heterocycles. The highest BCUT2D eigenvalue weighted by Gasteiger charge is 2.08. The highest BCUT2D eigenvalue weighted by molar-refractivity contribution is 6.31. The van der Waals surface area contributed by atoms with Gasteiger partial charge in [-0.15, -0.1) is 0 Å². The first kappa shape index (κ1) is 18.7. The van der Waals surface area contributed by atoms with Gasteiger partial charge in [0, 0.05) is 17.6 Å². The van der Waals surface area contributed by atoms with Gasteiger partial charge in [0.25, 0.3) is 0 Å². The van der Waals surface area contributed by atoms with Gasteiger partial charge in [0.15, 0.2) is 12.4 Å². The summed E-state index contributed by atoms with van der Waals surface area (Å²) in [6.45, 7) is -0.180. The summed E-state index contributed by atoms with van der Waals surface area (Å²) >= 11 is 5.99. The zero-order valence-corrected chi connectivity index (χ0v) is 15.6. The minimum absolute atomic E-state index is 0.167. The first-order chi connectivity index (χ1) is 13.0. The van der Waals surface area contributed by atoms with Crippen LogP contribution in [0.1, 0.15) is 16.2 Å². The maximum Gasteiger partial charge on any atom is 0.343 e. The van der Waals surface area contributed by atoms with Crippen LogP contribution in [0.4, 0.5) is 0 Å². The van der Waals surface area contributed by atoms with Crippen LogP contribution in [0.5, 0.6) is 5.75 Å². The van der Waals surface area contributed by atoms with Crippen molar-refractivity contribution in [2.45, 2.75) is 0 Å². The van der Waals surface area contributed by atoms with Crippen molar-refractivity contribution in [2.75, 3.05) is 13.7 Å². The Labute approximate surface area is 161 Å². The molecule has 0 N–H and O–H groups in total. The fourth-order valence-electron chi connectivity index (χ4n) is 2.50. The van der Waals surface area contributed by atoms with Crippen molar-refractivity contribution in [3.8, 4) is 5.75 Å². The molecular formula is C20H17ClN2O4. The molecule has 7 heteroatoms. The normalized spacial score (nSPS) is 11.1. The number of ketones is 1. The molecule has 0 fully saturated rings. The minimum Gasteiger partial charge on any atom is -0.482 e. The molecule has 6 nitrogen and oxygen atoms in total. The van der Waals surface area contributed by atoms with E-state index in [1.807, 2.05) is 17.7 Å². The smallest absolute Gasteiger partial charge is 0.343 e. The SMILES string of the molecule is COC(=O)COc1ccc(C(=O)C=Cc2nc3cc(Cl)ccc3n2C)cc1. The van der Waals surface area contributed by atoms with Crippen LogP contribution < -0.4 is 4.74 Å². The Morgan fingerprint density at radius 2 is 1.93 bits per heavy atom. The molecule has 0 atom stereocenters. The number of imidazole rings is 1.